The van der Waals surface area contributed by atoms with Gasteiger partial charge in [-0.2, -0.15) is 0 Å². The average molecular weight is 442 g/mol. The Morgan fingerprint density at radius 2 is 2.03 bits per heavy atom. The third kappa shape index (κ3) is 2.49. The summed E-state index contributed by atoms with van der Waals surface area (Å²) in [5.74, 6) is -1.94. The minimum Gasteiger partial charge on any atom is -0.439 e. The molecule has 3 aliphatic carbocycles. The number of cyclic esters (lactones) is 1. The lowest BCUT2D eigenvalue weighted by Gasteiger charge is -2.72. The zero-order chi connectivity index (χ0) is 21.4. The second-order valence-electron chi connectivity index (χ2n) is 8.13. The van der Waals surface area contributed by atoms with Crippen molar-refractivity contribution in [3.8, 4) is 0 Å². The van der Waals surface area contributed by atoms with Crippen LogP contribution in [0.4, 0.5) is 18.0 Å². The summed E-state index contributed by atoms with van der Waals surface area (Å²) in [7, 11) is 0. The van der Waals surface area contributed by atoms with Crippen molar-refractivity contribution in [2.24, 2.45) is 5.73 Å². The van der Waals surface area contributed by atoms with Gasteiger partial charge in [0.2, 0.25) is 5.76 Å². The fraction of sp³-hybridized carbons (Fsp3) is 0.421. The number of aromatic nitrogens is 1. The Morgan fingerprint density at radius 1 is 1.33 bits per heavy atom. The maximum Gasteiger partial charge on any atom is 0.411 e. The van der Waals surface area contributed by atoms with Gasteiger partial charge in [-0.1, -0.05) is 22.8 Å². The first-order valence-electron chi connectivity index (χ1n) is 9.17. The number of primary amides is 1. The minimum absolute atomic E-state index is 0.0323. The van der Waals surface area contributed by atoms with Gasteiger partial charge >= 0.3 is 6.09 Å². The van der Waals surface area contributed by atoms with Gasteiger partial charge < -0.3 is 15.0 Å². The molecule has 1 aromatic carbocycles. The van der Waals surface area contributed by atoms with Gasteiger partial charge in [-0.05, 0) is 37.0 Å². The summed E-state index contributed by atoms with van der Waals surface area (Å²) < 4.78 is 50.7. The summed E-state index contributed by atoms with van der Waals surface area (Å²) >= 11 is 5.70. The van der Waals surface area contributed by atoms with Crippen molar-refractivity contribution in [3.63, 3.8) is 0 Å². The second-order valence-corrected chi connectivity index (χ2v) is 8.54. The van der Waals surface area contributed by atoms with Crippen LogP contribution in [0.15, 0.2) is 22.7 Å². The molecule has 158 valence electrons. The maximum absolute atomic E-state index is 13.8. The highest BCUT2D eigenvalue weighted by atomic mass is 35.5. The molecule has 1 aliphatic heterocycles. The largest absolute Gasteiger partial charge is 0.439 e. The zero-order valence-corrected chi connectivity index (χ0v) is 16.1. The standard InChI is InChI=1S/C19H15ClF3N3O4/c20-9-2-1-8(3-10(9)21)11-4-26(17(28)29-11)19-5-18(6-19,7-19)12-13(15(22)23)25-30-14(12)16(24)27/h1-3,11,15H,4-7H2,(H2,24,27). The average Bonchev–Trinajstić information content (AvgIpc) is 3.20. The molecule has 11 heteroatoms. The Balaban J connectivity index is 1.37. The Bertz CT molecular complexity index is 1070. The Hall–Kier alpha value is -2.75. The van der Waals surface area contributed by atoms with E-state index < -0.39 is 47.0 Å². The first-order valence-corrected chi connectivity index (χ1v) is 9.55. The number of carbonyl (C=O) groups excluding carboxylic acids is 2. The number of hydrogen-bond donors (Lipinski definition) is 1. The fourth-order valence-electron chi connectivity index (χ4n) is 5.15. The van der Waals surface area contributed by atoms with Crippen LogP contribution in [-0.2, 0) is 10.2 Å². The van der Waals surface area contributed by atoms with Crippen molar-refractivity contribution in [2.75, 3.05) is 6.54 Å². The molecular weight excluding hydrogens is 427 g/mol. The summed E-state index contributed by atoms with van der Waals surface area (Å²) in [5.41, 5.74) is 3.89. The van der Waals surface area contributed by atoms with E-state index in [9.17, 15) is 22.8 Å². The Labute approximate surface area is 172 Å². The van der Waals surface area contributed by atoms with E-state index >= 15 is 0 Å². The van der Waals surface area contributed by atoms with Crippen molar-refractivity contribution < 1.29 is 32.0 Å². The summed E-state index contributed by atoms with van der Waals surface area (Å²) in [4.78, 5) is 25.6. The SMILES string of the molecule is NC(=O)c1onc(C(F)F)c1C12CC(N3CC(c4ccc(Cl)c(F)c4)OC3=O)(C1)C2. The molecule has 0 spiro atoms. The Morgan fingerprint density at radius 3 is 2.63 bits per heavy atom. The second kappa shape index (κ2) is 6.13. The van der Waals surface area contributed by atoms with Crippen molar-refractivity contribution in [1.82, 2.24) is 10.1 Å². The monoisotopic (exact) mass is 441 g/mol. The number of nitrogens with two attached hydrogens (primary N) is 1. The highest BCUT2D eigenvalue weighted by Gasteiger charge is 2.74. The van der Waals surface area contributed by atoms with Crippen LogP contribution in [-0.4, -0.2) is 34.1 Å². The van der Waals surface area contributed by atoms with Gasteiger partial charge in [0.25, 0.3) is 12.3 Å². The van der Waals surface area contributed by atoms with Crippen LogP contribution in [0.1, 0.15) is 59.2 Å². The molecule has 0 radical (unpaired) electrons. The summed E-state index contributed by atoms with van der Waals surface area (Å²) in [5, 5.41) is 3.30. The lowest BCUT2D eigenvalue weighted by Crippen LogP contribution is -2.77. The molecule has 2 aromatic rings. The number of hydrogen-bond acceptors (Lipinski definition) is 5. The van der Waals surface area contributed by atoms with E-state index in [-0.39, 0.29) is 22.9 Å². The van der Waals surface area contributed by atoms with Crippen LogP contribution in [0, 0.1) is 5.82 Å². The van der Waals surface area contributed by atoms with E-state index in [0.29, 0.717) is 24.8 Å². The van der Waals surface area contributed by atoms with E-state index in [2.05, 4.69) is 5.16 Å². The summed E-state index contributed by atoms with van der Waals surface area (Å²) in [6, 6.07) is 4.20. The van der Waals surface area contributed by atoms with Crippen LogP contribution < -0.4 is 5.73 Å². The zero-order valence-electron chi connectivity index (χ0n) is 15.3. The number of carbonyl (C=O) groups is 2. The van der Waals surface area contributed by atoms with Crippen LogP contribution in [0.2, 0.25) is 5.02 Å². The van der Waals surface area contributed by atoms with Crippen molar-refractivity contribution in [3.05, 3.63) is 51.6 Å². The van der Waals surface area contributed by atoms with Crippen LogP contribution >= 0.6 is 11.6 Å². The lowest BCUT2D eigenvalue weighted by atomic mass is 9.36. The molecule has 2 heterocycles. The van der Waals surface area contributed by atoms with Crippen LogP contribution in [0.5, 0.6) is 0 Å². The molecular formula is C19H15ClF3N3O4. The molecule has 1 atom stereocenters. The predicted molar refractivity (Wildman–Crippen MR) is 95.6 cm³/mol. The number of rotatable bonds is 5. The molecule has 30 heavy (non-hydrogen) atoms. The van der Waals surface area contributed by atoms with Gasteiger partial charge in [-0.25, -0.2) is 18.0 Å². The highest BCUT2D eigenvalue weighted by molar-refractivity contribution is 6.30. The number of halogens is 4. The van der Waals surface area contributed by atoms with Gasteiger partial charge in [0.05, 0.1) is 11.6 Å². The third-order valence-corrected chi connectivity index (χ3v) is 6.69. The van der Waals surface area contributed by atoms with E-state index in [1.165, 1.54) is 12.1 Å². The first kappa shape index (κ1) is 19.2. The van der Waals surface area contributed by atoms with Crippen LogP contribution in [0.3, 0.4) is 0 Å². The number of alkyl halides is 2. The molecule has 2 N–H and O–H groups in total. The van der Waals surface area contributed by atoms with E-state index in [1.807, 2.05) is 0 Å². The number of ether oxygens (including phenoxy) is 1. The van der Waals surface area contributed by atoms with E-state index in [0.717, 1.165) is 0 Å². The molecule has 1 saturated heterocycles. The molecule has 1 aromatic heterocycles. The quantitative estimate of drug-likeness (QED) is 0.759. The number of benzene rings is 1. The normalized spacial score (nSPS) is 29.6. The molecule has 3 saturated carbocycles. The highest BCUT2D eigenvalue weighted by Crippen LogP contribution is 2.72. The third-order valence-electron chi connectivity index (χ3n) is 6.38. The smallest absolute Gasteiger partial charge is 0.411 e. The molecule has 6 rings (SSSR count). The molecule has 2 bridgehead atoms. The van der Waals surface area contributed by atoms with Gasteiger partial charge in [-0.3, -0.25) is 9.69 Å². The van der Waals surface area contributed by atoms with Crippen LogP contribution in [0.25, 0.3) is 0 Å². The topological polar surface area (TPSA) is 98.7 Å². The molecule has 7 nitrogen and oxygen atoms in total. The first-order chi connectivity index (χ1) is 14.2. The fourth-order valence-corrected chi connectivity index (χ4v) is 5.27. The minimum atomic E-state index is -2.91. The maximum atomic E-state index is 13.8. The summed E-state index contributed by atoms with van der Waals surface area (Å²) in [6.45, 7) is 0.198. The Kier molecular flexibility index (Phi) is 3.93. The van der Waals surface area contributed by atoms with Crippen molar-refractivity contribution in [1.29, 1.82) is 0 Å². The molecule has 2 amide bonds. The number of amides is 2. The van der Waals surface area contributed by atoms with E-state index in [1.54, 1.807) is 11.0 Å². The van der Waals surface area contributed by atoms with Gasteiger partial charge in [0.1, 0.15) is 11.9 Å². The van der Waals surface area contributed by atoms with Crippen molar-refractivity contribution >= 4 is 23.6 Å². The number of nitrogens with zero attached hydrogens (tertiary/aromatic N) is 2. The van der Waals surface area contributed by atoms with Gasteiger partial charge in [0, 0.05) is 16.5 Å². The van der Waals surface area contributed by atoms with Gasteiger partial charge in [0.15, 0.2) is 5.69 Å². The van der Waals surface area contributed by atoms with Crippen molar-refractivity contribution in [2.45, 2.75) is 42.7 Å². The predicted octanol–water partition coefficient (Wildman–Crippen LogP) is 3.87. The molecule has 4 aliphatic rings. The molecule has 4 fully saturated rings. The van der Waals surface area contributed by atoms with Gasteiger partial charge in [-0.15, -0.1) is 0 Å². The van der Waals surface area contributed by atoms with E-state index in [4.69, 9.17) is 26.6 Å². The summed E-state index contributed by atoms with van der Waals surface area (Å²) in [6.07, 6.45) is -3.06. The molecule has 1 unspecified atom stereocenters. The lowest BCUT2D eigenvalue weighted by molar-refractivity contribution is -0.147.